The zero-order valence-electron chi connectivity index (χ0n) is 17.1. The van der Waals surface area contributed by atoms with Gasteiger partial charge in [-0.1, -0.05) is 23.7 Å². The Kier molecular flexibility index (Phi) is 6.28. The van der Waals surface area contributed by atoms with Crippen molar-refractivity contribution in [3.05, 3.63) is 71.4 Å². The van der Waals surface area contributed by atoms with E-state index in [9.17, 15) is 13.2 Å². The van der Waals surface area contributed by atoms with Crippen molar-refractivity contribution in [2.45, 2.75) is 24.0 Å². The maximum atomic E-state index is 13.5. The first-order valence-corrected chi connectivity index (χ1v) is 12.5. The largest absolute Gasteiger partial charge is 0.494 e. The molecule has 0 bridgehead atoms. The van der Waals surface area contributed by atoms with Gasteiger partial charge in [0.05, 0.1) is 12.1 Å². The van der Waals surface area contributed by atoms with Gasteiger partial charge in [-0.05, 0) is 66.9 Å². The van der Waals surface area contributed by atoms with Crippen LogP contribution >= 0.6 is 22.9 Å². The van der Waals surface area contributed by atoms with Crippen molar-refractivity contribution < 1.29 is 23.1 Å². The van der Waals surface area contributed by atoms with Crippen LogP contribution in [-0.4, -0.2) is 30.1 Å². The highest BCUT2D eigenvalue weighted by molar-refractivity contribution is 7.92. The molecular weight excluding hydrogens is 470 g/mol. The van der Waals surface area contributed by atoms with E-state index in [1.165, 1.54) is 10.2 Å². The summed E-state index contributed by atoms with van der Waals surface area (Å²) < 4.78 is 34.0. The van der Waals surface area contributed by atoms with Crippen molar-refractivity contribution in [3.63, 3.8) is 0 Å². The number of carboxylic acids is 1. The summed E-state index contributed by atoms with van der Waals surface area (Å²) in [5, 5.41) is 10.3. The monoisotopic (exact) mass is 489 g/mol. The van der Waals surface area contributed by atoms with E-state index in [2.05, 4.69) is 0 Å². The molecule has 2 aromatic carbocycles. The van der Waals surface area contributed by atoms with Crippen LogP contribution in [0.1, 0.15) is 18.9 Å². The molecule has 2 aromatic heterocycles. The number of aryl methyl sites for hydroxylation is 1. The van der Waals surface area contributed by atoms with Crippen LogP contribution in [0.15, 0.2) is 65.0 Å². The maximum Gasteiger partial charge on any atom is 0.303 e. The van der Waals surface area contributed by atoms with Gasteiger partial charge in [0.1, 0.15) is 9.96 Å². The lowest BCUT2D eigenvalue weighted by Crippen LogP contribution is -2.10. The van der Waals surface area contributed by atoms with Crippen LogP contribution < -0.4 is 4.74 Å². The lowest BCUT2D eigenvalue weighted by molar-refractivity contribution is -0.136. The first-order chi connectivity index (χ1) is 15.3. The molecule has 0 fully saturated rings. The number of nitrogens with zero attached hydrogens (tertiary/aromatic N) is 1. The number of halogens is 1. The molecule has 9 heteroatoms. The molecule has 0 spiro atoms. The second-order valence-electron chi connectivity index (χ2n) is 7.09. The van der Waals surface area contributed by atoms with Gasteiger partial charge in [-0.15, -0.1) is 11.3 Å². The number of rotatable bonds is 8. The summed E-state index contributed by atoms with van der Waals surface area (Å²) in [4.78, 5) is 11.9. The van der Waals surface area contributed by atoms with E-state index in [4.69, 9.17) is 21.4 Å². The molecule has 6 nitrogen and oxygen atoms in total. The van der Waals surface area contributed by atoms with E-state index in [1.807, 2.05) is 19.1 Å². The van der Waals surface area contributed by atoms with E-state index in [-0.39, 0.29) is 17.1 Å². The Bertz CT molecular complexity index is 1410. The molecule has 4 aromatic rings. The van der Waals surface area contributed by atoms with Gasteiger partial charge >= 0.3 is 5.97 Å². The van der Waals surface area contributed by atoms with Crippen molar-refractivity contribution in [2.24, 2.45) is 0 Å². The number of ether oxygens (including phenoxy) is 1. The standard InChI is InChI=1S/C23H20ClNO5S2/c1-2-30-18-7-8-20-19(13-18)16(6-10-22(26)27)14-25(20)32(28,29)23-11-9-21(31-23)15-4-3-5-17(24)12-15/h3-5,7-9,11-14H,2,6,10H2,1H3,(H,26,27). The number of carbonyl (C=O) groups is 1. The predicted molar refractivity (Wildman–Crippen MR) is 126 cm³/mol. The second-order valence-corrected chi connectivity index (χ2v) is 10.7. The fraction of sp³-hybridized carbons (Fsp3) is 0.174. The van der Waals surface area contributed by atoms with Crippen LogP contribution in [0, 0.1) is 0 Å². The maximum absolute atomic E-state index is 13.5. The van der Waals surface area contributed by atoms with Gasteiger partial charge in [-0.3, -0.25) is 4.79 Å². The zero-order valence-corrected chi connectivity index (χ0v) is 19.5. The van der Waals surface area contributed by atoms with Gasteiger partial charge in [0.25, 0.3) is 10.0 Å². The molecule has 4 rings (SSSR count). The van der Waals surface area contributed by atoms with Crippen molar-refractivity contribution >= 4 is 49.8 Å². The van der Waals surface area contributed by atoms with Gasteiger partial charge in [0.2, 0.25) is 0 Å². The number of fused-ring (bicyclic) bond motifs is 1. The first kappa shape index (κ1) is 22.4. The number of thiophene rings is 1. The van der Waals surface area contributed by atoms with Crippen LogP contribution in [0.25, 0.3) is 21.3 Å². The molecular formula is C23H20ClNO5S2. The van der Waals surface area contributed by atoms with E-state index < -0.39 is 16.0 Å². The van der Waals surface area contributed by atoms with Crippen LogP contribution in [0.5, 0.6) is 5.75 Å². The third kappa shape index (κ3) is 4.39. The van der Waals surface area contributed by atoms with Gasteiger partial charge in [-0.2, -0.15) is 8.42 Å². The molecule has 0 radical (unpaired) electrons. The Labute approximate surface area is 194 Å². The van der Waals surface area contributed by atoms with E-state index in [0.29, 0.717) is 33.8 Å². The van der Waals surface area contributed by atoms with Crippen LogP contribution in [0.3, 0.4) is 0 Å². The smallest absolute Gasteiger partial charge is 0.303 e. The molecule has 0 aliphatic carbocycles. The summed E-state index contributed by atoms with van der Waals surface area (Å²) in [6, 6.07) is 15.7. The summed E-state index contributed by atoms with van der Waals surface area (Å²) in [6.45, 7) is 2.33. The highest BCUT2D eigenvalue weighted by Crippen LogP contribution is 2.35. The Hall–Kier alpha value is -2.81. The fourth-order valence-electron chi connectivity index (χ4n) is 3.49. The molecule has 32 heavy (non-hydrogen) atoms. The number of aliphatic carboxylic acids is 1. The van der Waals surface area contributed by atoms with Crippen LogP contribution in [0.4, 0.5) is 0 Å². The van der Waals surface area contributed by atoms with Gasteiger partial charge < -0.3 is 9.84 Å². The van der Waals surface area contributed by atoms with Crippen molar-refractivity contribution in [1.29, 1.82) is 0 Å². The number of benzene rings is 2. The highest BCUT2D eigenvalue weighted by Gasteiger charge is 2.24. The molecule has 0 unspecified atom stereocenters. The molecule has 0 amide bonds. The lowest BCUT2D eigenvalue weighted by atomic mass is 10.1. The third-order valence-electron chi connectivity index (χ3n) is 4.95. The van der Waals surface area contributed by atoms with Crippen LogP contribution in [0.2, 0.25) is 5.02 Å². The Balaban J connectivity index is 1.80. The van der Waals surface area contributed by atoms with E-state index in [0.717, 1.165) is 21.8 Å². The average molecular weight is 490 g/mol. The highest BCUT2D eigenvalue weighted by atomic mass is 35.5. The fourth-order valence-corrected chi connectivity index (χ4v) is 6.47. The molecule has 0 atom stereocenters. The summed E-state index contributed by atoms with van der Waals surface area (Å²) >= 11 is 7.23. The Morgan fingerprint density at radius 1 is 1.16 bits per heavy atom. The third-order valence-corrected chi connectivity index (χ3v) is 8.46. The second kappa shape index (κ2) is 8.97. The Morgan fingerprint density at radius 3 is 2.69 bits per heavy atom. The number of carboxylic acid groups (broad SMARTS) is 1. The molecule has 0 saturated heterocycles. The molecule has 0 saturated carbocycles. The van der Waals surface area contributed by atoms with Gasteiger partial charge in [0.15, 0.2) is 0 Å². The molecule has 166 valence electrons. The summed E-state index contributed by atoms with van der Waals surface area (Å²) in [5.74, 6) is -0.342. The quantitative estimate of drug-likeness (QED) is 0.344. The molecule has 0 aliphatic rings. The van der Waals surface area contributed by atoms with Gasteiger partial charge in [-0.25, -0.2) is 3.97 Å². The lowest BCUT2D eigenvalue weighted by Gasteiger charge is -2.07. The average Bonchev–Trinajstić information content (AvgIpc) is 3.39. The SMILES string of the molecule is CCOc1ccc2c(c1)c(CCC(=O)O)cn2S(=O)(=O)c1ccc(-c2cccc(Cl)c2)s1. The summed E-state index contributed by atoms with van der Waals surface area (Å²) in [5.41, 5.74) is 1.95. The number of hydrogen-bond donors (Lipinski definition) is 1. The molecule has 2 heterocycles. The van der Waals surface area contributed by atoms with E-state index >= 15 is 0 Å². The minimum Gasteiger partial charge on any atom is -0.494 e. The van der Waals surface area contributed by atoms with Gasteiger partial charge in [0, 0.05) is 27.9 Å². The molecule has 0 aliphatic heterocycles. The minimum atomic E-state index is -3.89. The minimum absolute atomic E-state index is 0.101. The Morgan fingerprint density at radius 2 is 1.97 bits per heavy atom. The van der Waals surface area contributed by atoms with E-state index in [1.54, 1.807) is 42.5 Å². The van der Waals surface area contributed by atoms with Crippen LogP contribution in [-0.2, 0) is 21.2 Å². The predicted octanol–water partition coefficient (Wildman–Crippen LogP) is 5.68. The summed E-state index contributed by atoms with van der Waals surface area (Å²) in [7, 11) is -3.89. The topological polar surface area (TPSA) is 85.6 Å². The van der Waals surface area contributed by atoms with Crippen molar-refractivity contribution in [3.8, 4) is 16.2 Å². The van der Waals surface area contributed by atoms with Crippen molar-refractivity contribution in [1.82, 2.24) is 3.97 Å². The normalized spacial score (nSPS) is 11.7. The molecule has 1 N–H and O–H groups in total. The number of hydrogen-bond acceptors (Lipinski definition) is 5. The van der Waals surface area contributed by atoms with Crippen molar-refractivity contribution in [2.75, 3.05) is 6.61 Å². The zero-order chi connectivity index (χ0) is 22.9. The first-order valence-electron chi connectivity index (χ1n) is 9.89. The summed E-state index contributed by atoms with van der Waals surface area (Å²) in [6.07, 6.45) is 1.62. The number of aromatic nitrogens is 1.